The van der Waals surface area contributed by atoms with Gasteiger partial charge in [-0.3, -0.25) is 9.89 Å². The molecule has 7 N–H and O–H groups in total. The highest BCUT2D eigenvalue weighted by molar-refractivity contribution is 5.75. The Labute approximate surface area is 178 Å². The van der Waals surface area contributed by atoms with Gasteiger partial charge in [-0.2, -0.15) is 0 Å². The highest BCUT2D eigenvalue weighted by Gasteiger charge is 2.64. The molecule has 0 radical (unpaired) electrons. The van der Waals surface area contributed by atoms with Crippen LogP contribution in [0.2, 0.25) is 0 Å². The first kappa shape index (κ1) is 20.1. The maximum Gasteiger partial charge on any atom is 0.185 e. The van der Waals surface area contributed by atoms with Crippen LogP contribution in [0.5, 0.6) is 5.75 Å². The van der Waals surface area contributed by atoms with E-state index >= 15 is 0 Å². The van der Waals surface area contributed by atoms with E-state index < -0.39 is 5.60 Å². The van der Waals surface area contributed by atoms with Crippen molar-refractivity contribution in [1.29, 1.82) is 0 Å². The molecule has 0 aromatic heterocycles. The molecule has 164 valence electrons. The van der Waals surface area contributed by atoms with Gasteiger partial charge in [0.05, 0.1) is 12.1 Å². The van der Waals surface area contributed by atoms with Gasteiger partial charge in [0.2, 0.25) is 0 Å². The average molecular weight is 414 g/mol. The van der Waals surface area contributed by atoms with E-state index in [1.54, 1.807) is 6.07 Å². The molecular formula is C23H35N5O2. The van der Waals surface area contributed by atoms with Crippen LogP contribution >= 0.6 is 0 Å². The van der Waals surface area contributed by atoms with Crippen LogP contribution in [0.25, 0.3) is 0 Å². The van der Waals surface area contributed by atoms with Crippen molar-refractivity contribution >= 4 is 5.96 Å². The monoisotopic (exact) mass is 413 g/mol. The van der Waals surface area contributed by atoms with Crippen LogP contribution in [0.3, 0.4) is 0 Å². The number of phenols is 1. The van der Waals surface area contributed by atoms with Gasteiger partial charge in [0.25, 0.3) is 0 Å². The molecule has 2 saturated carbocycles. The Kier molecular flexibility index (Phi) is 4.95. The molecule has 1 saturated heterocycles. The zero-order valence-corrected chi connectivity index (χ0v) is 17.7. The molecule has 0 amide bonds. The molecule has 2 bridgehead atoms. The third kappa shape index (κ3) is 3.27. The number of aromatic hydroxyl groups is 1. The number of phenolic OH excluding ortho intramolecular Hbond substituents is 1. The van der Waals surface area contributed by atoms with Gasteiger partial charge in [-0.05, 0) is 80.7 Å². The summed E-state index contributed by atoms with van der Waals surface area (Å²) >= 11 is 0. The van der Waals surface area contributed by atoms with Gasteiger partial charge in [-0.25, -0.2) is 0 Å². The van der Waals surface area contributed by atoms with Gasteiger partial charge in [0.1, 0.15) is 5.75 Å². The van der Waals surface area contributed by atoms with Crippen molar-refractivity contribution in [3.05, 3.63) is 29.3 Å². The van der Waals surface area contributed by atoms with Crippen molar-refractivity contribution in [2.24, 2.45) is 22.4 Å². The highest BCUT2D eigenvalue weighted by atomic mass is 16.3. The van der Waals surface area contributed by atoms with Gasteiger partial charge in [-0.1, -0.05) is 6.07 Å². The highest BCUT2D eigenvalue weighted by Crippen LogP contribution is 2.58. The van der Waals surface area contributed by atoms with E-state index in [0.29, 0.717) is 18.8 Å². The van der Waals surface area contributed by atoms with Crippen LogP contribution in [0, 0.1) is 5.92 Å². The standard InChI is InChI=1S/C23H35N5O2/c24-21(25)27-9-8-26-17-5-6-22-7-10-28(14-15-1-2-15)20(23(22,30)13-17)11-16-3-4-18(29)12-19(16)22/h3-4,12,15,17,20,26,29-30H,1-2,5-11,13-14H2,(H4,24,25,27)/t17-,20+,22?,23+/m0/s1. The van der Waals surface area contributed by atoms with E-state index in [1.807, 2.05) is 6.07 Å². The number of nitrogens with one attached hydrogen (secondary N) is 1. The number of likely N-dealkylation sites (tertiary alicyclic amines) is 1. The Morgan fingerprint density at radius 2 is 2.07 bits per heavy atom. The summed E-state index contributed by atoms with van der Waals surface area (Å²) in [5.74, 6) is 1.23. The van der Waals surface area contributed by atoms with Crippen LogP contribution < -0.4 is 16.8 Å². The van der Waals surface area contributed by atoms with Gasteiger partial charge in [0, 0.05) is 30.6 Å². The fourth-order valence-electron chi connectivity index (χ4n) is 6.57. The van der Waals surface area contributed by atoms with Crippen LogP contribution in [-0.4, -0.2) is 64.9 Å². The Bertz CT molecular complexity index is 837. The SMILES string of the molecule is NC(N)=NCCN[C@H]1CCC23CCN(CC4CC4)[C@H](Cc4ccc(O)cc42)[C@]3(O)C1. The summed E-state index contributed by atoms with van der Waals surface area (Å²) < 4.78 is 0. The van der Waals surface area contributed by atoms with Gasteiger partial charge in [-0.15, -0.1) is 0 Å². The van der Waals surface area contributed by atoms with Crippen molar-refractivity contribution in [1.82, 2.24) is 10.2 Å². The predicted molar refractivity (Wildman–Crippen MR) is 117 cm³/mol. The second kappa shape index (κ2) is 7.39. The number of fused-ring (bicyclic) bond motifs is 1. The van der Waals surface area contributed by atoms with Crippen molar-refractivity contribution in [2.45, 2.75) is 68.0 Å². The molecular weight excluding hydrogens is 378 g/mol. The zero-order chi connectivity index (χ0) is 20.9. The molecule has 1 aliphatic heterocycles. The fourth-order valence-corrected chi connectivity index (χ4v) is 6.57. The number of rotatable bonds is 6. The lowest BCUT2D eigenvalue weighted by Crippen LogP contribution is -2.74. The topological polar surface area (TPSA) is 120 Å². The van der Waals surface area contributed by atoms with Crippen molar-refractivity contribution < 1.29 is 10.2 Å². The first-order valence-electron chi connectivity index (χ1n) is 11.5. The first-order valence-corrected chi connectivity index (χ1v) is 11.5. The molecule has 7 nitrogen and oxygen atoms in total. The first-order chi connectivity index (χ1) is 14.4. The maximum absolute atomic E-state index is 12.4. The van der Waals surface area contributed by atoms with Crippen LogP contribution in [0.1, 0.15) is 49.7 Å². The summed E-state index contributed by atoms with van der Waals surface area (Å²) in [5.41, 5.74) is 12.3. The summed E-state index contributed by atoms with van der Waals surface area (Å²) in [6, 6.07) is 6.21. The Balaban J connectivity index is 1.44. The van der Waals surface area contributed by atoms with Crippen molar-refractivity contribution in [2.75, 3.05) is 26.2 Å². The summed E-state index contributed by atoms with van der Waals surface area (Å²) in [4.78, 5) is 6.64. The fraction of sp³-hybridized carbons (Fsp3) is 0.696. The summed E-state index contributed by atoms with van der Waals surface area (Å²) in [7, 11) is 0. The summed E-state index contributed by atoms with van der Waals surface area (Å²) in [6.45, 7) is 3.41. The van der Waals surface area contributed by atoms with E-state index in [1.165, 1.54) is 24.0 Å². The molecule has 7 heteroatoms. The van der Waals surface area contributed by atoms with E-state index in [4.69, 9.17) is 11.5 Å². The molecule has 4 atom stereocenters. The van der Waals surface area contributed by atoms with Gasteiger partial charge < -0.3 is 27.0 Å². The second-order valence-corrected chi connectivity index (χ2v) is 9.96. The Hall–Kier alpha value is -1.83. The predicted octanol–water partition coefficient (Wildman–Crippen LogP) is 0.817. The van der Waals surface area contributed by atoms with Crippen LogP contribution in [0.4, 0.5) is 0 Å². The molecule has 1 heterocycles. The van der Waals surface area contributed by atoms with E-state index in [-0.39, 0.29) is 23.5 Å². The number of guanidine groups is 1. The third-order valence-corrected chi connectivity index (χ3v) is 8.17. The second-order valence-electron chi connectivity index (χ2n) is 9.96. The van der Waals surface area contributed by atoms with Gasteiger partial charge in [0.15, 0.2) is 5.96 Å². The minimum atomic E-state index is -0.785. The minimum absolute atomic E-state index is 0.118. The molecule has 3 aliphatic carbocycles. The number of nitrogens with two attached hydrogens (primary N) is 2. The van der Waals surface area contributed by atoms with Crippen molar-refractivity contribution in [3.8, 4) is 5.75 Å². The number of piperidine rings is 1. The quantitative estimate of drug-likeness (QED) is 0.268. The molecule has 0 spiro atoms. The number of benzene rings is 1. The normalized spacial score (nSPS) is 35.4. The minimum Gasteiger partial charge on any atom is -0.508 e. The number of aliphatic imine (C=N–C) groups is 1. The molecule has 1 aromatic carbocycles. The third-order valence-electron chi connectivity index (χ3n) is 8.17. The summed E-state index contributed by atoms with van der Waals surface area (Å²) in [6.07, 6.45) is 7.15. The summed E-state index contributed by atoms with van der Waals surface area (Å²) in [5, 5.41) is 26.2. The number of nitrogens with zero attached hydrogens (tertiary/aromatic N) is 2. The molecule has 30 heavy (non-hydrogen) atoms. The molecule has 1 unspecified atom stereocenters. The van der Waals surface area contributed by atoms with E-state index in [0.717, 1.165) is 51.1 Å². The largest absolute Gasteiger partial charge is 0.508 e. The lowest BCUT2D eigenvalue weighted by molar-refractivity contribution is -0.171. The Morgan fingerprint density at radius 1 is 1.23 bits per heavy atom. The maximum atomic E-state index is 12.4. The van der Waals surface area contributed by atoms with Crippen LogP contribution in [0.15, 0.2) is 23.2 Å². The number of aliphatic hydroxyl groups is 1. The van der Waals surface area contributed by atoms with E-state index in [9.17, 15) is 10.2 Å². The van der Waals surface area contributed by atoms with Gasteiger partial charge >= 0.3 is 0 Å². The average Bonchev–Trinajstić information content (AvgIpc) is 3.51. The lowest BCUT2D eigenvalue weighted by atomic mass is 9.49. The molecule has 1 aromatic rings. The smallest absolute Gasteiger partial charge is 0.185 e. The number of hydrogen-bond donors (Lipinski definition) is 5. The molecule has 3 fully saturated rings. The number of hydrogen-bond acceptors (Lipinski definition) is 5. The van der Waals surface area contributed by atoms with Crippen molar-refractivity contribution in [3.63, 3.8) is 0 Å². The molecule has 5 rings (SSSR count). The van der Waals surface area contributed by atoms with Crippen LogP contribution in [-0.2, 0) is 11.8 Å². The van der Waals surface area contributed by atoms with E-state index in [2.05, 4.69) is 21.3 Å². The Morgan fingerprint density at radius 3 is 2.83 bits per heavy atom. The lowest BCUT2D eigenvalue weighted by Gasteiger charge is -2.65. The zero-order valence-electron chi connectivity index (χ0n) is 17.7. The molecule has 4 aliphatic rings.